The molecule has 1 amide bonds. The summed E-state index contributed by atoms with van der Waals surface area (Å²) in [6, 6.07) is 7.11. The van der Waals surface area contributed by atoms with Gasteiger partial charge in [-0.25, -0.2) is 0 Å². The van der Waals surface area contributed by atoms with Gasteiger partial charge in [-0.05, 0) is 24.3 Å². The van der Waals surface area contributed by atoms with Crippen LogP contribution in [0.15, 0.2) is 24.3 Å². The minimum Gasteiger partial charge on any atom is -0.351 e. The van der Waals surface area contributed by atoms with Crippen molar-refractivity contribution in [2.75, 3.05) is 43.1 Å². The smallest absolute Gasteiger partial charge is 0.251 e. The number of nitrogen functional groups attached to an aromatic ring is 1. The number of benzene rings is 1. The van der Waals surface area contributed by atoms with Gasteiger partial charge in [0.25, 0.3) is 5.91 Å². The van der Waals surface area contributed by atoms with Crippen LogP contribution in [0.2, 0.25) is 0 Å². The lowest BCUT2D eigenvalue weighted by atomic mass is 10.2. The minimum absolute atomic E-state index is 0.0324. The molecule has 2 rings (SSSR count). The molecule has 1 aliphatic heterocycles. The van der Waals surface area contributed by atoms with Crippen molar-refractivity contribution in [3.8, 4) is 0 Å². The molecule has 0 spiro atoms. The number of hydrogen-bond donors (Lipinski definition) is 3. The third kappa shape index (κ3) is 4.41. The fraction of sp³-hybridized carbons (Fsp3) is 0.462. The van der Waals surface area contributed by atoms with Crippen LogP contribution in [0.3, 0.4) is 0 Å². The first kappa shape index (κ1) is 14.2. The maximum Gasteiger partial charge on any atom is 0.251 e. The summed E-state index contributed by atoms with van der Waals surface area (Å²) in [4.78, 5) is 14.3. The molecule has 1 aromatic carbocycles. The van der Waals surface area contributed by atoms with E-state index in [2.05, 4.69) is 15.6 Å². The first-order chi connectivity index (χ1) is 9.29. The molecule has 0 saturated carbocycles. The lowest BCUT2D eigenvalue weighted by Gasteiger charge is -2.25. The van der Waals surface area contributed by atoms with Gasteiger partial charge in [-0.15, -0.1) is 0 Å². The second kappa shape index (κ2) is 7.37. The first-order valence-electron chi connectivity index (χ1n) is 6.44. The molecule has 1 fully saturated rings. The van der Waals surface area contributed by atoms with E-state index < -0.39 is 0 Å². The second-order valence-corrected chi connectivity index (χ2v) is 5.66. The van der Waals surface area contributed by atoms with Crippen LogP contribution in [0.5, 0.6) is 0 Å². The number of thioether (sulfide) groups is 1. The van der Waals surface area contributed by atoms with Gasteiger partial charge in [-0.2, -0.15) is 11.8 Å². The highest BCUT2D eigenvalue weighted by atomic mass is 32.2. The molecule has 19 heavy (non-hydrogen) atoms. The van der Waals surface area contributed by atoms with Crippen LogP contribution in [-0.2, 0) is 0 Å². The zero-order valence-corrected chi connectivity index (χ0v) is 11.7. The van der Waals surface area contributed by atoms with Crippen molar-refractivity contribution in [2.45, 2.75) is 0 Å². The maximum absolute atomic E-state index is 11.9. The highest BCUT2D eigenvalue weighted by Gasteiger charge is 2.10. The van der Waals surface area contributed by atoms with Crippen molar-refractivity contribution in [1.82, 2.24) is 10.2 Å². The number of carbonyl (C=O) groups excluding carboxylic acids is 1. The number of rotatable bonds is 5. The standard InChI is InChI=1S/C13H20N4OS/c14-16-12-3-1-11(2-4-12)13(18)15-5-6-17-7-9-19-10-8-17/h1-4,16H,5-10,14H2,(H,15,18). The Kier molecular flexibility index (Phi) is 5.50. The van der Waals surface area contributed by atoms with E-state index in [1.54, 1.807) is 24.3 Å². The normalized spacial score (nSPS) is 16.1. The minimum atomic E-state index is -0.0324. The molecule has 1 saturated heterocycles. The molecule has 0 aliphatic carbocycles. The lowest BCUT2D eigenvalue weighted by molar-refractivity contribution is 0.0949. The van der Waals surface area contributed by atoms with Crippen molar-refractivity contribution in [2.24, 2.45) is 5.84 Å². The Balaban J connectivity index is 1.73. The average molecular weight is 280 g/mol. The summed E-state index contributed by atoms with van der Waals surface area (Å²) in [5.41, 5.74) is 3.99. The summed E-state index contributed by atoms with van der Waals surface area (Å²) < 4.78 is 0. The van der Waals surface area contributed by atoms with Crippen LogP contribution in [0.25, 0.3) is 0 Å². The van der Waals surface area contributed by atoms with E-state index in [9.17, 15) is 4.79 Å². The number of nitrogens with two attached hydrogens (primary N) is 1. The van der Waals surface area contributed by atoms with Crippen molar-refractivity contribution in [1.29, 1.82) is 0 Å². The summed E-state index contributed by atoms with van der Waals surface area (Å²) in [6.07, 6.45) is 0. The van der Waals surface area contributed by atoms with Crippen molar-refractivity contribution in [3.63, 3.8) is 0 Å². The predicted molar refractivity (Wildman–Crippen MR) is 80.4 cm³/mol. The average Bonchev–Trinajstić information content (AvgIpc) is 2.48. The molecular weight excluding hydrogens is 260 g/mol. The van der Waals surface area contributed by atoms with Gasteiger partial charge in [-0.3, -0.25) is 15.5 Å². The Morgan fingerprint density at radius 2 is 1.95 bits per heavy atom. The highest BCUT2D eigenvalue weighted by Crippen LogP contribution is 2.09. The Labute approximate surface area is 117 Å². The number of amides is 1. The zero-order chi connectivity index (χ0) is 13.5. The molecule has 0 radical (unpaired) electrons. The lowest BCUT2D eigenvalue weighted by Crippen LogP contribution is -2.39. The third-order valence-electron chi connectivity index (χ3n) is 3.13. The largest absolute Gasteiger partial charge is 0.351 e. The molecule has 6 heteroatoms. The number of hydrazine groups is 1. The molecule has 1 heterocycles. The van der Waals surface area contributed by atoms with Gasteiger partial charge in [-0.1, -0.05) is 0 Å². The molecule has 1 aromatic rings. The van der Waals surface area contributed by atoms with E-state index in [1.165, 1.54) is 11.5 Å². The number of hydrogen-bond acceptors (Lipinski definition) is 5. The molecule has 0 unspecified atom stereocenters. The van der Waals surface area contributed by atoms with E-state index in [0.29, 0.717) is 12.1 Å². The van der Waals surface area contributed by atoms with Crippen molar-refractivity contribution in [3.05, 3.63) is 29.8 Å². The van der Waals surface area contributed by atoms with E-state index in [0.717, 1.165) is 25.3 Å². The molecule has 104 valence electrons. The fourth-order valence-corrected chi connectivity index (χ4v) is 2.95. The van der Waals surface area contributed by atoms with Gasteiger partial charge >= 0.3 is 0 Å². The van der Waals surface area contributed by atoms with Crippen molar-refractivity contribution < 1.29 is 4.79 Å². The van der Waals surface area contributed by atoms with Gasteiger partial charge < -0.3 is 10.7 Å². The third-order valence-corrected chi connectivity index (χ3v) is 4.07. The molecular formula is C13H20N4OS. The highest BCUT2D eigenvalue weighted by molar-refractivity contribution is 7.99. The monoisotopic (exact) mass is 280 g/mol. The van der Waals surface area contributed by atoms with Crippen LogP contribution in [0, 0.1) is 0 Å². The van der Waals surface area contributed by atoms with Crippen LogP contribution in [0.1, 0.15) is 10.4 Å². The molecule has 5 nitrogen and oxygen atoms in total. The molecule has 0 atom stereocenters. The van der Waals surface area contributed by atoms with E-state index in [4.69, 9.17) is 5.84 Å². The summed E-state index contributed by atoms with van der Waals surface area (Å²) >= 11 is 1.99. The van der Waals surface area contributed by atoms with Gasteiger partial charge in [0.2, 0.25) is 0 Å². The van der Waals surface area contributed by atoms with E-state index in [-0.39, 0.29) is 5.91 Å². The van der Waals surface area contributed by atoms with Gasteiger partial charge in [0.15, 0.2) is 0 Å². The Hall–Kier alpha value is -1.24. The Morgan fingerprint density at radius 1 is 1.26 bits per heavy atom. The quantitative estimate of drug-likeness (QED) is 0.548. The topological polar surface area (TPSA) is 70.4 Å². The zero-order valence-electron chi connectivity index (χ0n) is 10.9. The number of carbonyl (C=O) groups is 1. The predicted octanol–water partition coefficient (Wildman–Crippen LogP) is 0.751. The number of nitrogens with zero attached hydrogens (tertiary/aromatic N) is 1. The first-order valence-corrected chi connectivity index (χ1v) is 7.60. The fourth-order valence-electron chi connectivity index (χ4n) is 1.97. The van der Waals surface area contributed by atoms with Crippen LogP contribution < -0.4 is 16.6 Å². The second-order valence-electron chi connectivity index (χ2n) is 4.43. The van der Waals surface area contributed by atoms with Crippen LogP contribution in [0.4, 0.5) is 5.69 Å². The van der Waals surface area contributed by atoms with Crippen molar-refractivity contribution >= 4 is 23.4 Å². The van der Waals surface area contributed by atoms with Crippen LogP contribution >= 0.6 is 11.8 Å². The number of anilines is 1. The van der Waals surface area contributed by atoms with E-state index >= 15 is 0 Å². The SMILES string of the molecule is NNc1ccc(C(=O)NCCN2CCSCC2)cc1. The number of nitrogens with one attached hydrogen (secondary N) is 2. The Morgan fingerprint density at radius 3 is 2.58 bits per heavy atom. The van der Waals surface area contributed by atoms with Gasteiger partial charge in [0.05, 0.1) is 0 Å². The van der Waals surface area contributed by atoms with Gasteiger partial charge in [0.1, 0.15) is 0 Å². The summed E-state index contributed by atoms with van der Waals surface area (Å²) in [6.45, 7) is 3.87. The molecule has 1 aliphatic rings. The maximum atomic E-state index is 11.9. The summed E-state index contributed by atoms with van der Waals surface area (Å²) in [7, 11) is 0. The van der Waals surface area contributed by atoms with Crippen LogP contribution in [-0.4, -0.2) is 48.5 Å². The van der Waals surface area contributed by atoms with Gasteiger partial charge in [0, 0.05) is 48.9 Å². The summed E-state index contributed by atoms with van der Waals surface area (Å²) in [5.74, 6) is 7.64. The van der Waals surface area contributed by atoms with E-state index in [1.807, 2.05) is 11.8 Å². The Bertz CT molecular complexity index is 404. The molecule has 0 aromatic heterocycles. The molecule has 4 N–H and O–H groups in total. The summed E-state index contributed by atoms with van der Waals surface area (Å²) in [5, 5.41) is 2.94. The molecule has 0 bridgehead atoms.